The molecule has 2 heterocycles. The van der Waals surface area contributed by atoms with Crippen LogP contribution in [0.15, 0.2) is 59.5 Å². The number of anilines is 2. The van der Waals surface area contributed by atoms with Crippen molar-refractivity contribution in [2.24, 2.45) is 7.05 Å². The van der Waals surface area contributed by atoms with Gasteiger partial charge in [-0.25, -0.2) is 4.79 Å². The van der Waals surface area contributed by atoms with E-state index in [0.717, 1.165) is 12.1 Å². The lowest BCUT2D eigenvalue weighted by Crippen LogP contribution is -2.50. The van der Waals surface area contributed by atoms with Crippen LogP contribution in [0, 0.1) is 0 Å². The minimum Gasteiger partial charge on any atom is -0.368 e. The highest BCUT2D eigenvalue weighted by molar-refractivity contribution is 6.01. The third-order valence-corrected chi connectivity index (χ3v) is 5.44. The van der Waals surface area contributed by atoms with Crippen LogP contribution in [0.4, 0.5) is 29.3 Å². The second kappa shape index (κ2) is 7.98. The van der Waals surface area contributed by atoms with Crippen molar-refractivity contribution in [1.29, 1.82) is 0 Å². The van der Waals surface area contributed by atoms with Crippen molar-refractivity contribution >= 4 is 28.2 Å². The van der Waals surface area contributed by atoms with E-state index in [0.29, 0.717) is 48.3 Å². The second-order valence-corrected chi connectivity index (χ2v) is 7.46. The summed E-state index contributed by atoms with van der Waals surface area (Å²) in [7, 11) is 1.62. The number of rotatable bonds is 2. The summed E-state index contributed by atoms with van der Waals surface area (Å²) in [5, 5.41) is 4.03. The summed E-state index contributed by atoms with van der Waals surface area (Å²) in [6, 6.07) is 11.9. The topological polar surface area (TPSA) is 57.6 Å². The Kier molecular flexibility index (Phi) is 5.34. The van der Waals surface area contributed by atoms with Crippen LogP contribution in [0.25, 0.3) is 10.8 Å². The van der Waals surface area contributed by atoms with Gasteiger partial charge in [0.25, 0.3) is 5.56 Å². The highest BCUT2D eigenvalue weighted by Gasteiger charge is 2.31. The summed E-state index contributed by atoms with van der Waals surface area (Å²) in [5.74, 6) is 0. The number of aryl methyl sites for hydroxylation is 1. The van der Waals surface area contributed by atoms with Crippen molar-refractivity contribution in [1.82, 2.24) is 9.47 Å². The van der Waals surface area contributed by atoms with Gasteiger partial charge in [-0.3, -0.25) is 4.79 Å². The van der Waals surface area contributed by atoms with E-state index in [-0.39, 0.29) is 11.6 Å². The lowest BCUT2D eigenvalue weighted by molar-refractivity contribution is -0.137. The average molecular weight is 430 g/mol. The van der Waals surface area contributed by atoms with Crippen LogP contribution >= 0.6 is 0 Å². The van der Waals surface area contributed by atoms with Gasteiger partial charge >= 0.3 is 12.2 Å². The van der Waals surface area contributed by atoms with Crippen LogP contribution in [0.1, 0.15) is 5.56 Å². The molecule has 0 atom stereocenters. The Bertz CT molecular complexity index is 1180. The Balaban J connectivity index is 1.46. The molecule has 9 heteroatoms. The summed E-state index contributed by atoms with van der Waals surface area (Å²) >= 11 is 0. The molecule has 31 heavy (non-hydrogen) atoms. The fraction of sp³-hybridized carbons (Fsp3) is 0.273. The molecular weight excluding hydrogens is 409 g/mol. The molecule has 0 spiro atoms. The number of aromatic nitrogens is 1. The lowest BCUT2D eigenvalue weighted by Gasteiger charge is -2.36. The predicted molar refractivity (Wildman–Crippen MR) is 113 cm³/mol. The smallest absolute Gasteiger partial charge is 0.368 e. The first-order chi connectivity index (χ1) is 14.7. The molecule has 0 radical (unpaired) electrons. The SMILES string of the molecule is Cn1cc(NC(=O)N2CCN(c3cccc(C(F)(F)F)c3)CC2)c2ccccc2c1=O. The minimum absolute atomic E-state index is 0.150. The Labute approximate surface area is 176 Å². The van der Waals surface area contributed by atoms with Crippen LogP contribution in [-0.4, -0.2) is 41.7 Å². The number of amides is 2. The summed E-state index contributed by atoms with van der Waals surface area (Å²) < 4.78 is 40.3. The molecule has 1 aliphatic heterocycles. The van der Waals surface area contributed by atoms with E-state index in [9.17, 15) is 22.8 Å². The summed E-state index contributed by atoms with van der Waals surface area (Å²) in [6.45, 7) is 1.57. The number of hydrogen-bond acceptors (Lipinski definition) is 3. The fourth-order valence-electron chi connectivity index (χ4n) is 3.76. The zero-order valence-corrected chi connectivity index (χ0v) is 16.8. The zero-order chi connectivity index (χ0) is 22.2. The molecule has 6 nitrogen and oxygen atoms in total. The third kappa shape index (κ3) is 4.21. The van der Waals surface area contributed by atoms with Crippen molar-refractivity contribution in [3.05, 3.63) is 70.6 Å². The van der Waals surface area contributed by atoms with Crippen LogP contribution in [0.5, 0.6) is 0 Å². The molecular formula is C22H21F3N4O2. The number of fused-ring (bicyclic) bond motifs is 1. The zero-order valence-electron chi connectivity index (χ0n) is 16.8. The third-order valence-electron chi connectivity index (χ3n) is 5.44. The number of carbonyl (C=O) groups excluding carboxylic acids is 1. The summed E-state index contributed by atoms with van der Waals surface area (Å²) in [5.41, 5.74) is 0.178. The number of halogens is 3. The Morgan fingerprint density at radius 3 is 2.32 bits per heavy atom. The van der Waals surface area contributed by atoms with Gasteiger partial charge in [-0.15, -0.1) is 0 Å². The maximum absolute atomic E-state index is 13.0. The van der Waals surface area contributed by atoms with Crippen molar-refractivity contribution in [2.75, 3.05) is 36.4 Å². The molecule has 1 N–H and O–H groups in total. The molecule has 162 valence electrons. The molecule has 2 aromatic carbocycles. The molecule has 3 aromatic rings. The largest absolute Gasteiger partial charge is 0.416 e. The first-order valence-electron chi connectivity index (χ1n) is 9.80. The van der Waals surface area contributed by atoms with Gasteiger partial charge in [0.15, 0.2) is 0 Å². The van der Waals surface area contributed by atoms with Gasteiger partial charge in [-0.1, -0.05) is 24.3 Å². The van der Waals surface area contributed by atoms with E-state index in [2.05, 4.69) is 5.32 Å². The number of carbonyl (C=O) groups is 1. The molecule has 0 bridgehead atoms. The number of nitrogens with one attached hydrogen (secondary N) is 1. The van der Waals surface area contributed by atoms with Gasteiger partial charge in [0.05, 0.1) is 11.3 Å². The molecule has 1 fully saturated rings. The van der Waals surface area contributed by atoms with Crippen LogP contribution in [0.2, 0.25) is 0 Å². The number of benzene rings is 2. The molecule has 1 saturated heterocycles. The molecule has 0 unspecified atom stereocenters. The van der Waals surface area contributed by atoms with Crippen LogP contribution < -0.4 is 15.8 Å². The van der Waals surface area contributed by atoms with Gasteiger partial charge in [-0.05, 0) is 24.3 Å². The maximum atomic E-state index is 13.0. The standard InChI is InChI=1S/C22H21F3N4O2/c1-27-14-19(17-7-2-3-8-18(17)20(27)30)26-21(31)29-11-9-28(10-12-29)16-6-4-5-15(13-16)22(23,24)25/h2-8,13-14H,9-12H2,1H3,(H,26,31). The van der Waals surface area contributed by atoms with Crippen molar-refractivity contribution in [3.8, 4) is 0 Å². The highest BCUT2D eigenvalue weighted by Crippen LogP contribution is 2.32. The van der Waals surface area contributed by atoms with E-state index in [1.54, 1.807) is 48.5 Å². The first kappa shape index (κ1) is 20.8. The van der Waals surface area contributed by atoms with Gasteiger partial charge in [0, 0.05) is 55.9 Å². The Hall–Kier alpha value is -3.49. The molecule has 4 rings (SSSR count). The fourth-order valence-corrected chi connectivity index (χ4v) is 3.76. The van der Waals surface area contributed by atoms with Crippen molar-refractivity contribution < 1.29 is 18.0 Å². The van der Waals surface area contributed by atoms with Crippen LogP contribution in [-0.2, 0) is 13.2 Å². The van der Waals surface area contributed by atoms with E-state index < -0.39 is 11.7 Å². The highest BCUT2D eigenvalue weighted by atomic mass is 19.4. The average Bonchev–Trinajstić information content (AvgIpc) is 2.77. The van der Waals surface area contributed by atoms with Crippen LogP contribution in [0.3, 0.4) is 0 Å². The summed E-state index contributed by atoms with van der Waals surface area (Å²) in [6.07, 6.45) is -2.81. The molecule has 1 aliphatic rings. The first-order valence-corrected chi connectivity index (χ1v) is 9.80. The second-order valence-electron chi connectivity index (χ2n) is 7.46. The normalized spacial score (nSPS) is 14.7. The van der Waals surface area contributed by atoms with Crippen molar-refractivity contribution in [2.45, 2.75) is 6.18 Å². The summed E-state index contributed by atoms with van der Waals surface area (Å²) in [4.78, 5) is 28.5. The Morgan fingerprint density at radius 1 is 0.968 bits per heavy atom. The number of hydrogen-bond donors (Lipinski definition) is 1. The number of nitrogens with zero attached hydrogens (tertiary/aromatic N) is 3. The van der Waals surface area contributed by atoms with E-state index in [4.69, 9.17) is 0 Å². The number of urea groups is 1. The van der Waals surface area contributed by atoms with Gasteiger partial charge in [-0.2, -0.15) is 13.2 Å². The molecule has 2 amide bonds. The lowest BCUT2D eigenvalue weighted by atomic mass is 10.1. The number of alkyl halides is 3. The number of piperazine rings is 1. The van der Waals surface area contributed by atoms with Gasteiger partial charge < -0.3 is 19.7 Å². The predicted octanol–water partition coefficient (Wildman–Crippen LogP) is 3.91. The van der Waals surface area contributed by atoms with Crippen molar-refractivity contribution in [3.63, 3.8) is 0 Å². The quantitative estimate of drug-likeness (QED) is 0.671. The molecule has 0 saturated carbocycles. The molecule has 0 aliphatic carbocycles. The van der Waals surface area contributed by atoms with E-state index in [1.807, 2.05) is 4.90 Å². The monoisotopic (exact) mass is 430 g/mol. The Morgan fingerprint density at radius 2 is 1.65 bits per heavy atom. The number of pyridine rings is 1. The maximum Gasteiger partial charge on any atom is 0.416 e. The van der Waals surface area contributed by atoms with E-state index >= 15 is 0 Å². The van der Waals surface area contributed by atoms with E-state index in [1.165, 1.54) is 10.6 Å². The van der Waals surface area contributed by atoms with Gasteiger partial charge in [0.1, 0.15) is 0 Å². The molecule has 1 aromatic heterocycles. The van der Waals surface area contributed by atoms with Gasteiger partial charge in [0.2, 0.25) is 0 Å². The minimum atomic E-state index is -4.39.